The number of nitrogens with zero attached hydrogens (tertiary/aromatic N) is 3. The van der Waals surface area contributed by atoms with Gasteiger partial charge in [0.15, 0.2) is 0 Å². The van der Waals surface area contributed by atoms with Crippen molar-refractivity contribution in [3.8, 4) is 6.07 Å². The van der Waals surface area contributed by atoms with E-state index in [-0.39, 0.29) is 5.92 Å². The summed E-state index contributed by atoms with van der Waals surface area (Å²) in [7, 11) is 0. The van der Waals surface area contributed by atoms with Crippen LogP contribution in [-0.2, 0) is 6.42 Å². The highest BCUT2D eigenvalue weighted by Gasteiger charge is 2.38. The van der Waals surface area contributed by atoms with Crippen LogP contribution in [0.5, 0.6) is 0 Å². The molecule has 0 radical (unpaired) electrons. The highest BCUT2D eigenvalue weighted by molar-refractivity contribution is 5.54. The Morgan fingerprint density at radius 3 is 2.83 bits per heavy atom. The molecule has 0 aliphatic carbocycles. The fourth-order valence-corrected chi connectivity index (χ4v) is 3.23. The number of aromatic nitrogens is 1. The van der Waals surface area contributed by atoms with Crippen LogP contribution in [0.15, 0.2) is 48.7 Å². The summed E-state index contributed by atoms with van der Waals surface area (Å²) in [5, 5.41) is 20.1. The second kappa shape index (κ2) is 6.39. The minimum absolute atomic E-state index is 0.104. The first kappa shape index (κ1) is 15.5. The van der Waals surface area contributed by atoms with Gasteiger partial charge in [-0.2, -0.15) is 5.26 Å². The third kappa shape index (κ3) is 3.35. The molecule has 1 fully saturated rings. The standard InChI is InChI=1S/C19H21N3O/c1-19(23)9-11-22(18-16(13-20)8-5-10-21-18)14-17(19)12-15-6-3-2-4-7-15/h2-8,10,17,23H,9,11-12,14H2,1H3/t17-,19+/m0/s1. The highest BCUT2D eigenvalue weighted by Crippen LogP contribution is 2.33. The van der Waals surface area contributed by atoms with Gasteiger partial charge in [-0.15, -0.1) is 0 Å². The van der Waals surface area contributed by atoms with Gasteiger partial charge in [0.2, 0.25) is 0 Å². The molecule has 1 aliphatic rings. The van der Waals surface area contributed by atoms with Crippen LogP contribution in [0.2, 0.25) is 0 Å². The van der Waals surface area contributed by atoms with Gasteiger partial charge in [-0.05, 0) is 37.5 Å². The molecule has 1 aromatic heterocycles. The van der Waals surface area contributed by atoms with Crippen LogP contribution in [0.25, 0.3) is 0 Å². The Morgan fingerprint density at radius 1 is 1.30 bits per heavy atom. The lowest BCUT2D eigenvalue weighted by molar-refractivity contribution is -0.0168. The molecule has 3 rings (SSSR count). The van der Waals surface area contributed by atoms with Crippen molar-refractivity contribution in [2.45, 2.75) is 25.4 Å². The first-order chi connectivity index (χ1) is 11.1. The van der Waals surface area contributed by atoms with Crippen molar-refractivity contribution >= 4 is 5.82 Å². The Kier molecular flexibility index (Phi) is 4.31. The van der Waals surface area contributed by atoms with Crippen molar-refractivity contribution in [2.75, 3.05) is 18.0 Å². The maximum absolute atomic E-state index is 10.8. The molecule has 0 bridgehead atoms. The minimum atomic E-state index is -0.700. The lowest BCUT2D eigenvalue weighted by Gasteiger charge is -2.43. The van der Waals surface area contributed by atoms with Crippen LogP contribution in [0.3, 0.4) is 0 Å². The van der Waals surface area contributed by atoms with Crippen LogP contribution in [-0.4, -0.2) is 28.8 Å². The molecule has 0 unspecified atom stereocenters. The van der Waals surface area contributed by atoms with Crippen LogP contribution in [0, 0.1) is 17.2 Å². The number of anilines is 1. The molecule has 23 heavy (non-hydrogen) atoms. The molecule has 1 saturated heterocycles. The van der Waals surface area contributed by atoms with E-state index in [2.05, 4.69) is 28.1 Å². The van der Waals surface area contributed by atoms with Crippen molar-refractivity contribution in [1.82, 2.24) is 4.98 Å². The summed E-state index contributed by atoms with van der Waals surface area (Å²) < 4.78 is 0. The number of hydrogen-bond donors (Lipinski definition) is 1. The maximum atomic E-state index is 10.8. The van der Waals surface area contributed by atoms with Gasteiger partial charge >= 0.3 is 0 Å². The maximum Gasteiger partial charge on any atom is 0.146 e. The molecular weight excluding hydrogens is 286 g/mol. The summed E-state index contributed by atoms with van der Waals surface area (Å²) in [6, 6.07) is 16.0. The number of nitriles is 1. The molecular formula is C19H21N3O. The van der Waals surface area contributed by atoms with Crippen molar-refractivity contribution in [2.24, 2.45) is 5.92 Å². The van der Waals surface area contributed by atoms with Gasteiger partial charge < -0.3 is 10.0 Å². The second-order valence-electron chi connectivity index (χ2n) is 6.43. The molecule has 2 aromatic rings. The Balaban J connectivity index is 1.83. The normalized spacial score (nSPS) is 24.2. The first-order valence-corrected chi connectivity index (χ1v) is 7.96. The second-order valence-corrected chi connectivity index (χ2v) is 6.43. The van der Waals surface area contributed by atoms with E-state index in [0.717, 1.165) is 12.2 Å². The highest BCUT2D eigenvalue weighted by atomic mass is 16.3. The number of hydrogen-bond acceptors (Lipinski definition) is 4. The molecule has 4 nitrogen and oxygen atoms in total. The molecule has 4 heteroatoms. The number of piperidine rings is 1. The summed E-state index contributed by atoms with van der Waals surface area (Å²) >= 11 is 0. The van der Waals surface area contributed by atoms with Crippen LogP contribution >= 0.6 is 0 Å². The Hall–Kier alpha value is -2.38. The molecule has 0 spiro atoms. The first-order valence-electron chi connectivity index (χ1n) is 7.96. The van der Waals surface area contributed by atoms with Gasteiger partial charge in [0.1, 0.15) is 11.9 Å². The Bertz CT molecular complexity index is 706. The van der Waals surface area contributed by atoms with Crippen LogP contribution < -0.4 is 4.90 Å². The van der Waals surface area contributed by atoms with Gasteiger partial charge in [0, 0.05) is 25.2 Å². The predicted octanol–water partition coefficient (Wildman–Crippen LogP) is 2.77. The topological polar surface area (TPSA) is 60.1 Å². The molecule has 2 atom stereocenters. The summed E-state index contributed by atoms with van der Waals surface area (Å²) in [6.45, 7) is 3.33. The van der Waals surface area contributed by atoms with E-state index in [0.29, 0.717) is 25.1 Å². The van der Waals surface area contributed by atoms with E-state index >= 15 is 0 Å². The van der Waals surface area contributed by atoms with E-state index in [1.807, 2.05) is 25.1 Å². The summed E-state index contributed by atoms with van der Waals surface area (Å²) in [4.78, 5) is 6.51. The zero-order valence-electron chi connectivity index (χ0n) is 13.3. The Morgan fingerprint density at radius 2 is 2.09 bits per heavy atom. The molecule has 1 aromatic carbocycles. The average Bonchev–Trinajstić information content (AvgIpc) is 2.58. The molecule has 0 amide bonds. The van der Waals surface area contributed by atoms with Crippen molar-refractivity contribution in [3.63, 3.8) is 0 Å². The fourth-order valence-electron chi connectivity index (χ4n) is 3.23. The van der Waals surface area contributed by atoms with Gasteiger partial charge in [0.05, 0.1) is 11.2 Å². The predicted molar refractivity (Wildman–Crippen MR) is 90.0 cm³/mol. The average molecular weight is 307 g/mol. The smallest absolute Gasteiger partial charge is 0.146 e. The van der Waals surface area contributed by atoms with Crippen molar-refractivity contribution in [1.29, 1.82) is 5.26 Å². The SMILES string of the molecule is C[C@@]1(O)CCN(c2ncccc2C#N)C[C@@H]1Cc1ccccc1. The monoisotopic (exact) mass is 307 g/mol. The van der Waals surface area contributed by atoms with Gasteiger partial charge in [-0.1, -0.05) is 30.3 Å². The third-order valence-electron chi connectivity index (χ3n) is 4.74. The zero-order valence-corrected chi connectivity index (χ0v) is 13.3. The minimum Gasteiger partial charge on any atom is -0.390 e. The fraction of sp³-hybridized carbons (Fsp3) is 0.368. The van der Waals surface area contributed by atoms with Gasteiger partial charge in [0.25, 0.3) is 0 Å². The van der Waals surface area contributed by atoms with E-state index in [9.17, 15) is 10.4 Å². The molecule has 2 heterocycles. The molecule has 1 N–H and O–H groups in total. The van der Waals surface area contributed by atoms with E-state index < -0.39 is 5.60 Å². The van der Waals surface area contributed by atoms with Gasteiger partial charge in [-0.25, -0.2) is 4.98 Å². The lowest BCUT2D eigenvalue weighted by atomic mass is 9.79. The molecule has 1 aliphatic heterocycles. The summed E-state index contributed by atoms with van der Waals surface area (Å²) in [6.07, 6.45) is 3.21. The number of pyridine rings is 1. The van der Waals surface area contributed by atoms with Gasteiger partial charge in [-0.3, -0.25) is 0 Å². The van der Waals surface area contributed by atoms with Crippen LogP contribution in [0.4, 0.5) is 5.82 Å². The van der Waals surface area contributed by atoms with E-state index in [1.54, 1.807) is 18.3 Å². The van der Waals surface area contributed by atoms with E-state index in [1.165, 1.54) is 5.56 Å². The van der Waals surface area contributed by atoms with Crippen LogP contribution in [0.1, 0.15) is 24.5 Å². The number of aliphatic hydroxyl groups is 1. The third-order valence-corrected chi connectivity index (χ3v) is 4.74. The molecule has 118 valence electrons. The summed E-state index contributed by atoms with van der Waals surface area (Å²) in [5.41, 5.74) is 1.11. The van der Waals surface area contributed by atoms with Crippen molar-refractivity contribution in [3.05, 3.63) is 59.8 Å². The lowest BCUT2D eigenvalue weighted by Crippen LogP contribution is -2.51. The van der Waals surface area contributed by atoms with Crippen molar-refractivity contribution < 1.29 is 5.11 Å². The molecule has 0 saturated carbocycles. The van der Waals surface area contributed by atoms with E-state index in [4.69, 9.17) is 0 Å². The zero-order chi connectivity index (χ0) is 16.3. The largest absolute Gasteiger partial charge is 0.390 e. The quantitative estimate of drug-likeness (QED) is 0.947. The Labute approximate surface area is 137 Å². The number of rotatable bonds is 3. The number of benzene rings is 1. The summed E-state index contributed by atoms with van der Waals surface area (Å²) in [5.74, 6) is 0.829.